The lowest BCUT2D eigenvalue weighted by Crippen LogP contribution is -2.40. The quantitative estimate of drug-likeness (QED) is 0.0277. The average molecular weight is 792 g/mol. The van der Waals surface area contributed by atoms with Crippen molar-refractivity contribution in [1.82, 2.24) is 4.90 Å². The molecule has 0 saturated heterocycles. The van der Waals surface area contributed by atoms with Crippen LogP contribution in [-0.4, -0.2) is 76.0 Å². The molecule has 2 atom stereocenters. The minimum Gasteiger partial charge on any atom is -0.394 e. The van der Waals surface area contributed by atoms with Gasteiger partial charge in [-0.05, 0) is 123 Å². The van der Waals surface area contributed by atoms with Crippen molar-refractivity contribution in [2.75, 3.05) is 40.0 Å². The molecule has 2 N–H and O–H groups in total. The Morgan fingerprint density at radius 1 is 0.545 bits per heavy atom. The SMILES string of the molecule is CCCCC/C=C\C/C=C\CCCCCCCCOC(CCCCCCC/C=C\C/C=C\CCCCC)O[Si](C)(C)OCCCCCCN(C)CC(O)CO. The summed E-state index contributed by atoms with van der Waals surface area (Å²) < 4.78 is 19.4. The van der Waals surface area contributed by atoms with Crippen molar-refractivity contribution in [3.05, 3.63) is 48.6 Å². The first-order valence-corrected chi connectivity index (χ1v) is 26.2. The van der Waals surface area contributed by atoms with Crippen LogP contribution < -0.4 is 0 Å². The fraction of sp³-hybridized carbons (Fsp3) is 0.833. The Morgan fingerprint density at radius 3 is 1.49 bits per heavy atom. The first-order chi connectivity index (χ1) is 26.8. The van der Waals surface area contributed by atoms with E-state index in [0.717, 1.165) is 77.5 Å². The van der Waals surface area contributed by atoms with Crippen molar-refractivity contribution in [3.63, 3.8) is 0 Å². The Hall–Kier alpha value is -1.06. The van der Waals surface area contributed by atoms with Crippen LogP contribution in [0.2, 0.25) is 13.1 Å². The second-order valence-electron chi connectivity index (χ2n) is 16.3. The minimum absolute atomic E-state index is 0.164. The summed E-state index contributed by atoms with van der Waals surface area (Å²) in [6.45, 7) is 11.6. The van der Waals surface area contributed by atoms with Crippen LogP contribution in [0.5, 0.6) is 0 Å². The molecule has 0 radical (unpaired) electrons. The van der Waals surface area contributed by atoms with Crippen LogP contribution in [0.4, 0.5) is 0 Å². The van der Waals surface area contributed by atoms with E-state index in [0.29, 0.717) is 6.54 Å². The van der Waals surface area contributed by atoms with Gasteiger partial charge in [-0.3, -0.25) is 0 Å². The van der Waals surface area contributed by atoms with Crippen LogP contribution in [0.15, 0.2) is 48.6 Å². The lowest BCUT2D eigenvalue weighted by atomic mass is 10.1. The Morgan fingerprint density at radius 2 is 0.982 bits per heavy atom. The number of aliphatic hydroxyl groups is 2. The van der Waals surface area contributed by atoms with Gasteiger partial charge in [0.05, 0.1) is 12.7 Å². The molecule has 0 heterocycles. The van der Waals surface area contributed by atoms with E-state index in [9.17, 15) is 5.11 Å². The number of likely N-dealkylation sites (N-methyl/N-ethyl adjacent to an activating group) is 1. The smallest absolute Gasteiger partial charge is 0.333 e. The van der Waals surface area contributed by atoms with Gasteiger partial charge in [0.25, 0.3) is 0 Å². The molecule has 0 aromatic rings. The molecule has 0 aromatic carbocycles. The fourth-order valence-electron chi connectivity index (χ4n) is 6.62. The average Bonchev–Trinajstić information content (AvgIpc) is 3.16. The van der Waals surface area contributed by atoms with Gasteiger partial charge in [0.1, 0.15) is 6.29 Å². The second kappa shape index (κ2) is 42.5. The van der Waals surface area contributed by atoms with E-state index in [4.69, 9.17) is 18.7 Å². The molecule has 6 nitrogen and oxygen atoms in total. The van der Waals surface area contributed by atoms with E-state index < -0.39 is 14.7 Å². The van der Waals surface area contributed by atoms with Gasteiger partial charge in [-0.2, -0.15) is 0 Å². The summed E-state index contributed by atoms with van der Waals surface area (Å²) in [6.07, 6.45) is 51.9. The Bertz CT molecular complexity index is 892. The maximum absolute atomic E-state index is 9.61. The molecule has 0 aliphatic heterocycles. The third kappa shape index (κ3) is 42.4. The molecular formula is C48H93NO5Si. The van der Waals surface area contributed by atoms with E-state index in [2.05, 4.69) is 80.4 Å². The summed E-state index contributed by atoms with van der Waals surface area (Å²) in [4.78, 5) is 2.09. The number of hydrogen-bond donors (Lipinski definition) is 2. The topological polar surface area (TPSA) is 71.4 Å². The van der Waals surface area contributed by atoms with Gasteiger partial charge >= 0.3 is 8.56 Å². The third-order valence-corrected chi connectivity index (χ3v) is 11.8. The summed E-state index contributed by atoms with van der Waals surface area (Å²) in [5.74, 6) is 0. The highest BCUT2D eigenvalue weighted by molar-refractivity contribution is 6.64. The summed E-state index contributed by atoms with van der Waals surface area (Å²) in [5, 5.41) is 18.7. The molecule has 0 fully saturated rings. The summed E-state index contributed by atoms with van der Waals surface area (Å²) >= 11 is 0. The molecular weight excluding hydrogens is 699 g/mol. The number of ether oxygens (including phenoxy) is 1. The third-order valence-electron chi connectivity index (χ3n) is 10.1. The minimum atomic E-state index is -2.30. The van der Waals surface area contributed by atoms with Gasteiger partial charge in [0.15, 0.2) is 0 Å². The lowest BCUT2D eigenvalue weighted by molar-refractivity contribution is -0.104. The zero-order valence-corrected chi connectivity index (χ0v) is 38.2. The molecule has 0 saturated carbocycles. The molecule has 0 bridgehead atoms. The van der Waals surface area contributed by atoms with E-state index in [-0.39, 0.29) is 12.9 Å². The molecule has 0 aliphatic rings. The predicted octanol–water partition coefficient (Wildman–Crippen LogP) is 13.5. The van der Waals surface area contributed by atoms with Crippen molar-refractivity contribution < 1.29 is 23.8 Å². The molecule has 7 heteroatoms. The zero-order chi connectivity index (χ0) is 40.3. The molecule has 0 aliphatic carbocycles. The highest BCUT2D eigenvalue weighted by Gasteiger charge is 2.29. The second-order valence-corrected chi connectivity index (χ2v) is 19.6. The fourth-order valence-corrected chi connectivity index (χ4v) is 8.14. The van der Waals surface area contributed by atoms with Gasteiger partial charge in [0, 0.05) is 19.8 Å². The van der Waals surface area contributed by atoms with Gasteiger partial charge in [-0.25, -0.2) is 0 Å². The van der Waals surface area contributed by atoms with Crippen LogP contribution in [0.1, 0.15) is 194 Å². The van der Waals surface area contributed by atoms with Crippen molar-refractivity contribution in [1.29, 1.82) is 0 Å². The van der Waals surface area contributed by atoms with Gasteiger partial charge in [0.2, 0.25) is 0 Å². The molecule has 0 amide bonds. The standard InChI is InChI=1S/C48H93NO5Si/c1-6-8-10-12-14-16-18-20-22-24-26-28-30-32-35-39-43-52-48(41-37-33-31-29-27-25-23-21-19-17-15-13-11-9-7-2)54-55(4,5)53-44-40-36-34-38-42-49(3)45-47(51)46-50/h14-17,20-23,47-48,50-51H,6-13,18-19,24-46H2,1-5H3/b16-14-,17-15-,22-20-,23-21-. The highest BCUT2D eigenvalue weighted by atomic mass is 28.4. The van der Waals surface area contributed by atoms with Crippen molar-refractivity contribution in [3.8, 4) is 0 Å². The summed E-state index contributed by atoms with van der Waals surface area (Å²) in [6, 6.07) is 0. The van der Waals surface area contributed by atoms with Gasteiger partial charge in [-0.15, -0.1) is 0 Å². The largest absolute Gasteiger partial charge is 0.394 e. The predicted molar refractivity (Wildman–Crippen MR) is 242 cm³/mol. The molecule has 0 rings (SSSR count). The first-order valence-electron chi connectivity index (χ1n) is 23.3. The summed E-state index contributed by atoms with van der Waals surface area (Å²) in [7, 11) is -0.305. The van der Waals surface area contributed by atoms with E-state index in [1.807, 2.05) is 7.05 Å². The van der Waals surface area contributed by atoms with Crippen molar-refractivity contribution >= 4 is 8.56 Å². The monoisotopic (exact) mass is 792 g/mol. The molecule has 55 heavy (non-hydrogen) atoms. The molecule has 0 aromatic heterocycles. The van der Waals surface area contributed by atoms with E-state index in [1.165, 1.54) is 122 Å². The Labute approximate surface area is 343 Å². The number of unbranched alkanes of at least 4 members (excludes halogenated alkanes) is 20. The zero-order valence-electron chi connectivity index (χ0n) is 37.2. The van der Waals surface area contributed by atoms with Crippen molar-refractivity contribution in [2.45, 2.75) is 219 Å². The molecule has 0 spiro atoms. The Kier molecular flexibility index (Phi) is 41.7. The first kappa shape index (κ1) is 53.9. The number of allylic oxidation sites excluding steroid dienone is 8. The number of aliphatic hydroxyl groups excluding tert-OH is 2. The van der Waals surface area contributed by atoms with E-state index in [1.54, 1.807) is 0 Å². The van der Waals surface area contributed by atoms with Gasteiger partial charge < -0.3 is 28.7 Å². The van der Waals surface area contributed by atoms with Crippen LogP contribution in [0, 0.1) is 0 Å². The lowest BCUT2D eigenvalue weighted by Gasteiger charge is -2.29. The number of nitrogens with zero attached hydrogens (tertiary/aromatic N) is 1. The summed E-state index contributed by atoms with van der Waals surface area (Å²) in [5.41, 5.74) is 0. The normalized spacial score (nSPS) is 13.9. The Balaban J connectivity index is 4.38. The van der Waals surface area contributed by atoms with Crippen LogP contribution in [0.25, 0.3) is 0 Å². The van der Waals surface area contributed by atoms with Crippen molar-refractivity contribution in [2.24, 2.45) is 0 Å². The van der Waals surface area contributed by atoms with E-state index >= 15 is 0 Å². The van der Waals surface area contributed by atoms with Gasteiger partial charge in [-0.1, -0.05) is 146 Å². The van der Waals surface area contributed by atoms with Crippen LogP contribution in [-0.2, 0) is 13.6 Å². The number of rotatable bonds is 43. The molecule has 2 unspecified atom stereocenters. The number of hydrogen-bond acceptors (Lipinski definition) is 6. The van der Waals surface area contributed by atoms with Crippen LogP contribution in [0.3, 0.4) is 0 Å². The van der Waals surface area contributed by atoms with Crippen LogP contribution >= 0.6 is 0 Å². The highest BCUT2D eigenvalue weighted by Crippen LogP contribution is 2.19. The maximum atomic E-state index is 9.61. The maximum Gasteiger partial charge on any atom is 0.333 e. The molecule has 324 valence electrons.